The molecule has 0 fully saturated rings. The molecule has 0 aliphatic rings. The van der Waals surface area contributed by atoms with E-state index in [4.69, 9.17) is 0 Å². The molecule has 0 unspecified atom stereocenters. The third-order valence-electron chi connectivity index (χ3n) is 1.58. The van der Waals surface area contributed by atoms with Gasteiger partial charge < -0.3 is 0 Å². The number of rotatable bonds is 2. The predicted molar refractivity (Wildman–Crippen MR) is 47.0 cm³/mol. The Hall–Kier alpha value is -1.71. The first kappa shape index (κ1) is 9.38. The van der Waals surface area contributed by atoms with Crippen LogP contribution >= 0.6 is 0 Å². The summed E-state index contributed by atoms with van der Waals surface area (Å²) in [6.07, 6.45) is 0.856. The largest absolute Gasteiger partial charge is 0.259 e. The molecule has 68 valence electrons. The van der Waals surface area contributed by atoms with E-state index in [0.717, 1.165) is 6.20 Å². The van der Waals surface area contributed by atoms with Gasteiger partial charge in [0, 0.05) is 5.57 Å². The van der Waals surface area contributed by atoms with Crippen molar-refractivity contribution in [3.8, 4) is 0 Å². The summed E-state index contributed by atoms with van der Waals surface area (Å²) >= 11 is 0. The highest BCUT2D eigenvalue weighted by Gasteiger charge is 2.00. The topological polar surface area (TPSA) is 43.1 Å². The van der Waals surface area contributed by atoms with Crippen LogP contribution in [0.3, 0.4) is 0 Å². The van der Waals surface area contributed by atoms with Gasteiger partial charge in [-0.15, -0.1) is 0 Å². The molecule has 0 aromatic heterocycles. The van der Waals surface area contributed by atoms with Crippen molar-refractivity contribution in [1.82, 2.24) is 0 Å². The summed E-state index contributed by atoms with van der Waals surface area (Å²) in [5, 5.41) is 10.1. The van der Waals surface area contributed by atoms with Gasteiger partial charge in [0.1, 0.15) is 5.82 Å². The maximum Gasteiger partial charge on any atom is 0.237 e. The van der Waals surface area contributed by atoms with Crippen molar-refractivity contribution >= 4 is 5.57 Å². The van der Waals surface area contributed by atoms with Gasteiger partial charge in [-0.05, 0) is 24.6 Å². The molecule has 0 amide bonds. The Balaban J connectivity index is 3.02. The molecule has 0 atom stereocenters. The van der Waals surface area contributed by atoms with E-state index < -0.39 is 10.7 Å². The van der Waals surface area contributed by atoms with Crippen LogP contribution < -0.4 is 0 Å². The highest BCUT2D eigenvalue weighted by molar-refractivity contribution is 5.62. The molecular formula is C9H8FNO2. The van der Waals surface area contributed by atoms with E-state index in [1.807, 2.05) is 0 Å². The molecule has 0 radical (unpaired) electrons. The average molecular weight is 181 g/mol. The number of nitro groups is 1. The molecule has 4 heteroatoms. The lowest BCUT2D eigenvalue weighted by atomic mass is 10.1. The zero-order valence-electron chi connectivity index (χ0n) is 7.03. The van der Waals surface area contributed by atoms with Gasteiger partial charge in [-0.2, -0.15) is 0 Å². The van der Waals surface area contributed by atoms with Crippen molar-refractivity contribution in [3.05, 3.63) is 52.0 Å². The van der Waals surface area contributed by atoms with Gasteiger partial charge in [-0.1, -0.05) is 12.1 Å². The summed E-state index contributed by atoms with van der Waals surface area (Å²) in [5.74, 6) is -0.395. The summed E-state index contributed by atoms with van der Waals surface area (Å²) in [5.41, 5.74) is 0.959. The van der Waals surface area contributed by atoms with Gasteiger partial charge in [0.15, 0.2) is 0 Å². The first-order valence-corrected chi connectivity index (χ1v) is 3.67. The van der Waals surface area contributed by atoms with E-state index in [0.29, 0.717) is 11.1 Å². The molecule has 0 saturated carbocycles. The van der Waals surface area contributed by atoms with Gasteiger partial charge in [0.2, 0.25) is 6.20 Å². The molecule has 0 aliphatic heterocycles. The zero-order valence-corrected chi connectivity index (χ0v) is 7.03. The van der Waals surface area contributed by atoms with E-state index in [1.165, 1.54) is 18.2 Å². The Labute approximate surface area is 74.7 Å². The quantitative estimate of drug-likeness (QED) is 0.519. The first-order chi connectivity index (χ1) is 6.09. The minimum Gasteiger partial charge on any atom is -0.259 e. The van der Waals surface area contributed by atoms with E-state index in [-0.39, 0.29) is 0 Å². The molecule has 1 rings (SSSR count). The second-order valence-electron chi connectivity index (χ2n) is 2.61. The molecule has 0 N–H and O–H groups in total. The van der Waals surface area contributed by atoms with Crippen LogP contribution in [0, 0.1) is 15.9 Å². The minimum atomic E-state index is -0.555. The van der Waals surface area contributed by atoms with Crippen molar-refractivity contribution in [1.29, 1.82) is 0 Å². The van der Waals surface area contributed by atoms with Crippen LogP contribution in [-0.2, 0) is 0 Å². The lowest BCUT2D eigenvalue weighted by Crippen LogP contribution is -1.88. The molecule has 0 saturated heterocycles. The van der Waals surface area contributed by atoms with Gasteiger partial charge in [0.25, 0.3) is 0 Å². The fourth-order valence-corrected chi connectivity index (χ4v) is 0.966. The fraction of sp³-hybridized carbons (Fsp3) is 0.111. The molecule has 1 aromatic carbocycles. The van der Waals surface area contributed by atoms with Crippen LogP contribution in [0.15, 0.2) is 30.5 Å². The third kappa shape index (κ3) is 2.66. The van der Waals surface area contributed by atoms with E-state index in [9.17, 15) is 14.5 Å². The Morgan fingerprint density at radius 2 is 2.31 bits per heavy atom. The zero-order chi connectivity index (χ0) is 9.84. The summed E-state index contributed by atoms with van der Waals surface area (Å²) in [7, 11) is 0. The second-order valence-corrected chi connectivity index (χ2v) is 2.61. The number of hydrogen-bond acceptors (Lipinski definition) is 2. The number of nitrogens with zero attached hydrogens (tertiary/aromatic N) is 1. The van der Waals surface area contributed by atoms with Crippen molar-refractivity contribution in [2.24, 2.45) is 0 Å². The maximum atomic E-state index is 12.7. The fourth-order valence-electron chi connectivity index (χ4n) is 0.966. The van der Waals surface area contributed by atoms with Gasteiger partial charge in [0.05, 0.1) is 4.92 Å². The van der Waals surface area contributed by atoms with Crippen LogP contribution in [0.2, 0.25) is 0 Å². The normalized spacial score (nSPS) is 11.4. The highest BCUT2D eigenvalue weighted by Crippen LogP contribution is 2.14. The van der Waals surface area contributed by atoms with Crippen LogP contribution in [0.1, 0.15) is 12.5 Å². The monoisotopic (exact) mass is 181 g/mol. The Morgan fingerprint density at radius 1 is 1.62 bits per heavy atom. The van der Waals surface area contributed by atoms with Gasteiger partial charge in [-0.3, -0.25) is 10.1 Å². The summed E-state index contributed by atoms with van der Waals surface area (Å²) in [4.78, 5) is 9.55. The van der Waals surface area contributed by atoms with E-state index >= 15 is 0 Å². The Morgan fingerprint density at radius 3 is 2.85 bits per heavy atom. The molecule has 0 spiro atoms. The predicted octanol–water partition coefficient (Wildman–Crippen LogP) is 2.46. The molecule has 0 heterocycles. The minimum absolute atomic E-state index is 0.395. The molecule has 3 nitrogen and oxygen atoms in total. The SMILES string of the molecule is C/C(=C\[N+](=O)[O-])c1cccc(F)c1. The Kier molecular flexibility index (Phi) is 2.74. The van der Waals surface area contributed by atoms with Crippen LogP contribution in [0.5, 0.6) is 0 Å². The second kappa shape index (κ2) is 3.80. The lowest BCUT2D eigenvalue weighted by Gasteiger charge is -1.97. The molecular weight excluding hydrogens is 173 g/mol. The Bertz CT molecular complexity index is 360. The van der Waals surface area contributed by atoms with Gasteiger partial charge in [-0.25, -0.2) is 4.39 Å². The van der Waals surface area contributed by atoms with Crippen molar-refractivity contribution in [2.45, 2.75) is 6.92 Å². The van der Waals surface area contributed by atoms with Gasteiger partial charge >= 0.3 is 0 Å². The third-order valence-corrected chi connectivity index (χ3v) is 1.58. The molecule has 1 aromatic rings. The summed E-state index contributed by atoms with van der Waals surface area (Å²) < 4.78 is 12.7. The van der Waals surface area contributed by atoms with Crippen LogP contribution in [0.4, 0.5) is 4.39 Å². The smallest absolute Gasteiger partial charge is 0.237 e. The van der Waals surface area contributed by atoms with Crippen molar-refractivity contribution < 1.29 is 9.31 Å². The average Bonchev–Trinajstić information content (AvgIpc) is 2.03. The van der Waals surface area contributed by atoms with Crippen LogP contribution in [-0.4, -0.2) is 4.92 Å². The summed E-state index contributed by atoms with van der Waals surface area (Å²) in [6.45, 7) is 1.57. The van der Waals surface area contributed by atoms with Crippen molar-refractivity contribution in [2.75, 3.05) is 0 Å². The maximum absolute atomic E-state index is 12.7. The summed E-state index contributed by atoms with van der Waals surface area (Å²) in [6, 6.07) is 5.69. The molecule has 0 aliphatic carbocycles. The highest BCUT2D eigenvalue weighted by atomic mass is 19.1. The molecule has 13 heavy (non-hydrogen) atoms. The van der Waals surface area contributed by atoms with Crippen molar-refractivity contribution in [3.63, 3.8) is 0 Å². The van der Waals surface area contributed by atoms with E-state index in [2.05, 4.69) is 0 Å². The number of hydrogen-bond donors (Lipinski definition) is 0. The first-order valence-electron chi connectivity index (χ1n) is 3.67. The number of benzene rings is 1. The van der Waals surface area contributed by atoms with E-state index in [1.54, 1.807) is 13.0 Å². The number of halogens is 1. The standard InChI is InChI=1S/C9H8FNO2/c1-7(6-11(12)13)8-3-2-4-9(10)5-8/h2-6H,1H3/b7-6+. The lowest BCUT2D eigenvalue weighted by molar-refractivity contribution is -0.401. The number of allylic oxidation sites excluding steroid dienone is 1. The van der Waals surface area contributed by atoms with Crippen LogP contribution in [0.25, 0.3) is 5.57 Å². The molecule has 0 bridgehead atoms.